The molecule has 0 aliphatic carbocycles. The van der Waals surface area contributed by atoms with E-state index in [2.05, 4.69) is 67.5 Å². The third-order valence-corrected chi connectivity index (χ3v) is 4.93. The van der Waals surface area contributed by atoms with Crippen LogP contribution in [-0.4, -0.2) is 16.1 Å². The Labute approximate surface area is 171 Å². The molecule has 1 heterocycles. The van der Waals surface area contributed by atoms with E-state index in [-0.39, 0.29) is 11.3 Å². The standard InChI is InChI=1S/C23H26ClN3O/c1-5-7-19-21(25-22(28)16-8-6-9-18(24)14-16)20(27-26-19)15-10-12-17(13-11-15)23(2,3)4/h6,8-14H,5,7H2,1-4H3,(H,25,28)(H,26,27). The summed E-state index contributed by atoms with van der Waals surface area (Å²) in [5.74, 6) is -0.200. The zero-order chi connectivity index (χ0) is 20.3. The smallest absolute Gasteiger partial charge is 0.255 e. The molecule has 0 saturated carbocycles. The van der Waals surface area contributed by atoms with Crippen molar-refractivity contribution >= 4 is 23.2 Å². The topological polar surface area (TPSA) is 57.8 Å². The summed E-state index contributed by atoms with van der Waals surface area (Å²) in [5.41, 5.74) is 5.23. The maximum Gasteiger partial charge on any atom is 0.255 e. The van der Waals surface area contributed by atoms with E-state index in [9.17, 15) is 4.79 Å². The third kappa shape index (κ3) is 4.45. The summed E-state index contributed by atoms with van der Waals surface area (Å²) in [6.45, 7) is 8.66. The van der Waals surface area contributed by atoms with Gasteiger partial charge in [-0.25, -0.2) is 0 Å². The van der Waals surface area contributed by atoms with Crippen molar-refractivity contribution in [2.75, 3.05) is 5.32 Å². The highest BCUT2D eigenvalue weighted by molar-refractivity contribution is 6.31. The molecule has 1 amide bonds. The van der Waals surface area contributed by atoms with Crippen molar-refractivity contribution in [3.8, 4) is 11.3 Å². The first-order valence-electron chi connectivity index (χ1n) is 9.54. The summed E-state index contributed by atoms with van der Waals surface area (Å²) in [6, 6.07) is 15.3. The lowest BCUT2D eigenvalue weighted by Gasteiger charge is -2.19. The highest BCUT2D eigenvalue weighted by Crippen LogP contribution is 2.32. The molecule has 3 rings (SSSR count). The number of hydrogen-bond acceptors (Lipinski definition) is 2. The number of nitrogens with one attached hydrogen (secondary N) is 2. The van der Waals surface area contributed by atoms with Crippen molar-refractivity contribution in [2.45, 2.75) is 46.0 Å². The largest absolute Gasteiger partial charge is 0.319 e. The number of anilines is 1. The maximum atomic E-state index is 12.8. The Bertz CT molecular complexity index is 968. The number of aromatic amines is 1. The highest BCUT2D eigenvalue weighted by Gasteiger charge is 2.19. The summed E-state index contributed by atoms with van der Waals surface area (Å²) in [4.78, 5) is 12.8. The second-order valence-corrected chi connectivity index (χ2v) is 8.40. The second kappa shape index (κ2) is 8.19. The van der Waals surface area contributed by atoms with Gasteiger partial charge in [0.25, 0.3) is 5.91 Å². The zero-order valence-electron chi connectivity index (χ0n) is 16.8. The molecular formula is C23H26ClN3O. The van der Waals surface area contributed by atoms with Crippen LogP contribution < -0.4 is 5.32 Å². The molecule has 0 radical (unpaired) electrons. The number of aromatic nitrogens is 2. The Hall–Kier alpha value is -2.59. The van der Waals surface area contributed by atoms with Crippen LogP contribution >= 0.6 is 11.6 Å². The molecular weight excluding hydrogens is 370 g/mol. The minimum Gasteiger partial charge on any atom is -0.319 e. The SMILES string of the molecule is CCCc1[nH]nc(-c2ccc(C(C)(C)C)cc2)c1NC(=O)c1cccc(Cl)c1. The van der Waals surface area contributed by atoms with E-state index in [0.29, 0.717) is 10.6 Å². The first-order chi connectivity index (χ1) is 13.3. The maximum absolute atomic E-state index is 12.8. The van der Waals surface area contributed by atoms with Crippen molar-refractivity contribution in [1.29, 1.82) is 0 Å². The summed E-state index contributed by atoms with van der Waals surface area (Å²) < 4.78 is 0. The summed E-state index contributed by atoms with van der Waals surface area (Å²) >= 11 is 6.03. The number of carbonyl (C=O) groups excluding carboxylic acids is 1. The molecule has 3 aromatic rings. The molecule has 5 heteroatoms. The molecule has 146 valence electrons. The number of rotatable bonds is 5. The van der Waals surface area contributed by atoms with E-state index in [4.69, 9.17) is 11.6 Å². The van der Waals surface area contributed by atoms with Gasteiger partial charge in [0.1, 0.15) is 5.69 Å². The van der Waals surface area contributed by atoms with Gasteiger partial charge in [-0.1, -0.05) is 76.0 Å². The Morgan fingerprint density at radius 2 is 1.86 bits per heavy atom. The van der Waals surface area contributed by atoms with Crippen molar-refractivity contribution in [2.24, 2.45) is 0 Å². The summed E-state index contributed by atoms with van der Waals surface area (Å²) in [7, 11) is 0. The first-order valence-corrected chi connectivity index (χ1v) is 9.92. The number of amides is 1. The van der Waals surface area contributed by atoms with Crippen LogP contribution in [0.1, 0.15) is 55.7 Å². The first kappa shape index (κ1) is 20.2. The van der Waals surface area contributed by atoms with Crippen LogP contribution in [0.15, 0.2) is 48.5 Å². The van der Waals surface area contributed by atoms with Gasteiger partial charge in [0.2, 0.25) is 0 Å². The monoisotopic (exact) mass is 395 g/mol. The normalized spacial score (nSPS) is 11.5. The van der Waals surface area contributed by atoms with Crippen LogP contribution in [0, 0.1) is 0 Å². The number of aryl methyl sites for hydroxylation is 1. The van der Waals surface area contributed by atoms with E-state index in [1.165, 1.54) is 5.56 Å². The van der Waals surface area contributed by atoms with Crippen LogP contribution in [0.5, 0.6) is 0 Å². The minimum absolute atomic E-state index is 0.0844. The zero-order valence-corrected chi connectivity index (χ0v) is 17.5. The minimum atomic E-state index is -0.200. The van der Waals surface area contributed by atoms with Gasteiger partial charge in [0.15, 0.2) is 0 Å². The van der Waals surface area contributed by atoms with Crippen LogP contribution in [0.2, 0.25) is 5.02 Å². The predicted octanol–water partition coefficient (Wildman–Crippen LogP) is 6.23. The number of H-pyrrole nitrogens is 1. The lowest BCUT2D eigenvalue weighted by Crippen LogP contribution is -2.13. The van der Waals surface area contributed by atoms with E-state index in [1.807, 2.05) is 0 Å². The third-order valence-electron chi connectivity index (χ3n) is 4.69. The molecule has 28 heavy (non-hydrogen) atoms. The Morgan fingerprint density at radius 3 is 2.46 bits per heavy atom. The van der Waals surface area contributed by atoms with E-state index >= 15 is 0 Å². The van der Waals surface area contributed by atoms with Gasteiger partial charge in [-0.05, 0) is 35.6 Å². The summed E-state index contributed by atoms with van der Waals surface area (Å²) in [5, 5.41) is 11.2. The molecule has 0 spiro atoms. The van der Waals surface area contributed by atoms with Crippen LogP contribution in [-0.2, 0) is 11.8 Å². The van der Waals surface area contributed by atoms with E-state index in [1.54, 1.807) is 24.3 Å². The van der Waals surface area contributed by atoms with Crippen LogP contribution in [0.25, 0.3) is 11.3 Å². The molecule has 2 aromatic carbocycles. The molecule has 1 aromatic heterocycles. The van der Waals surface area contributed by atoms with Crippen molar-refractivity contribution in [3.05, 3.63) is 70.4 Å². The van der Waals surface area contributed by atoms with Crippen molar-refractivity contribution in [1.82, 2.24) is 10.2 Å². The van der Waals surface area contributed by atoms with Gasteiger partial charge < -0.3 is 5.32 Å². The molecule has 0 saturated heterocycles. The fourth-order valence-electron chi connectivity index (χ4n) is 3.10. The van der Waals surface area contributed by atoms with Crippen molar-refractivity contribution < 1.29 is 4.79 Å². The predicted molar refractivity (Wildman–Crippen MR) is 116 cm³/mol. The highest BCUT2D eigenvalue weighted by atomic mass is 35.5. The van der Waals surface area contributed by atoms with E-state index < -0.39 is 0 Å². The van der Waals surface area contributed by atoms with Crippen LogP contribution in [0.3, 0.4) is 0 Å². The molecule has 0 atom stereocenters. The number of hydrogen-bond donors (Lipinski definition) is 2. The van der Waals surface area contributed by atoms with Gasteiger partial charge in [-0.15, -0.1) is 0 Å². The number of nitrogens with zero attached hydrogens (tertiary/aromatic N) is 1. The molecule has 0 aliphatic heterocycles. The molecule has 0 bridgehead atoms. The van der Waals surface area contributed by atoms with Crippen LogP contribution in [0.4, 0.5) is 5.69 Å². The summed E-state index contributed by atoms with van der Waals surface area (Å²) in [6.07, 6.45) is 1.75. The second-order valence-electron chi connectivity index (χ2n) is 7.97. The quantitative estimate of drug-likeness (QED) is 0.537. The average Bonchev–Trinajstić information content (AvgIpc) is 3.04. The average molecular weight is 396 g/mol. The molecule has 2 N–H and O–H groups in total. The van der Waals surface area contributed by atoms with Gasteiger partial charge in [0, 0.05) is 16.1 Å². The lowest BCUT2D eigenvalue weighted by atomic mass is 9.86. The van der Waals surface area contributed by atoms with Gasteiger partial charge in [0.05, 0.1) is 11.4 Å². The van der Waals surface area contributed by atoms with Gasteiger partial charge in [-0.3, -0.25) is 9.89 Å². The lowest BCUT2D eigenvalue weighted by molar-refractivity contribution is 0.102. The molecule has 0 aliphatic rings. The van der Waals surface area contributed by atoms with Gasteiger partial charge in [-0.2, -0.15) is 5.10 Å². The molecule has 0 unspecified atom stereocenters. The Balaban J connectivity index is 1.96. The fourth-order valence-corrected chi connectivity index (χ4v) is 3.29. The Kier molecular flexibility index (Phi) is 5.90. The Morgan fingerprint density at radius 1 is 1.14 bits per heavy atom. The molecule has 4 nitrogen and oxygen atoms in total. The fraction of sp³-hybridized carbons (Fsp3) is 0.304. The number of benzene rings is 2. The number of halogens is 1. The van der Waals surface area contributed by atoms with Gasteiger partial charge >= 0.3 is 0 Å². The molecule has 0 fully saturated rings. The van der Waals surface area contributed by atoms with Crippen molar-refractivity contribution in [3.63, 3.8) is 0 Å². The van der Waals surface area contributed by atoms with E-state index in [0.717, 1.165) is 35.5 Å². The number of carbonyl (C=O) groups is 1.